The fraction of sp³-hybridized carbons (Fsp3) is 0.105. The molecule has 0 saturated carbocycles. The van der Waals surface area contributed by atoms with Crippen molar-refractivity contribution in [3.8, 4) is 11.8 Å². The quantitative estimate of drug-likeness (QED) is 0.326. The molecule has 2 N–H and O–H groups in total. The van der Waals surface area contributed by atoms with E-state index in [9.17, 15) is 25.0 Å². The van der Waals surface area contributed by atoms with Gasteiger partial charge < -0.3 is 10.1 Å². The first kappa shape index (κ1) is 20.1. The van der Waals surface area contributed by atoms with E-state index < -0.39 is 16.7 Å². The van der Waals surface area contributed by atoms with Gasteiger partial charge in [0.2, 0.25) is 5.91 Å². The van der Waals surface area contributed by atoms with E-state index in [1.807, 2.05) is 0 Å². The van der Waals surface area contributed by atoms with Gasteiger partial charge in [-0.05, 0) is 11.6 Å². The summed E-state index contributed by atoms with van der Waals surface area (Å²) in [6.45, 7) is 0. The molecule has 9 nitrogen and oxygen atoms in total. The predicted molar refractivity (Wildman–Crippen MR) is 100 cm³/mol. The predicted octanol–water partition coefficient (Wildman–Crippen LogP) is 2.31. The number of imide groups is 1. The van der Waals surface area contributed by atoms with Crippen LogP contribution in [0.2, 0.25) is 0 Å². The van der Waals surface area contributed by atoms with Crippen molar-refractivity contribution in [2.45, 2.75) is 6.42 Å². The summed E-state index contributed by atoms with van der Waals surface area (Å²) in [4.78, 5) is 34.4. The molecule has 0 aliphatic carbocycles. The number of hydrogen-bond acceptors (Lipinski definition) is 7. The summed E-state index contributed by atoms with van der Waals surface area (Å²) in [6.07, 6.45) is 1.03. The Morgan fingerprint density at radius 3 is 2.57 bits per heavy atom. The van der Waals surface area contributed by atoms with Gasteiger partial charge in [0.1, 0.15) is 17.4 Å². The molecule has 9 heteroatoms. The number of nitrogens with zero attached hydrogens (tertiary/aromatic N) is 2. The van der Waals surface area contributed by atoms with Crippen LogP contribution in [0.4, 0.5) is 11.4 Å². The minimum absolute atomic E-state index is 0.0164. The molecule has 2 amide bonds. The third kappa shape index (κ3) is 5.40. The van der Waals surface area contributed by atoms with Gasteiger partial charge >= 0.3 is 0 Å². The summed E-state index contributed by atoms with van der Waals surface area (Å²) in [5, 5.41) is 24.8. The number of nitrogens with one attached hydrogen (secondary N) is 2. The van der Waals surface area contributed by atoms with Crippen LogP contribution in [0.15, 0.2) is 60.3 Å². The SMILES string of the molecule is COc1ccc([N+](=O)[O-])cc1N/C=C(\C#N)C(=O)NC(=O)Cc1ccccc1. The molecule has 0 heterocycles. The van der Waals surface area contributed by atoms with E-state index in [4.69, 9.17) is 4.74 Å². The van der Waals surface area contributed by atoms with Crippen LogP contribution in [0.3, 0.4) is 0 Å². The van der Waals surface area contributed by atoms with E-state index in [2.05, 4.69) is 10.6 Å². The van der Waals surface area contributed by atoms with Gasteiger partial charge in [-0.3, -0.25) is 25.0 Å². The molecule has 0 spiro atoms. The molecule has 0 aliphatic heterocycles. The largest absolute Gasteiger partial charge is 0.495 e. The first-order chi connectivity index (χ1) is 13.4. The van der Waals surface area contributed by atoms with Crippen LogP contribution in [-0.2, 0) is 16.0 Å². The number of nitro benzene ring substituents is 1. The van der Waals surface area contributed by atoms with Crippen LogP contribution in [0.5, 0.6) is 5.75 Å². The van der Waals surface area contributed by atoms with Gasteiger partial charge in [-0.25, -0.2) is 0 Å². The number of rotatable bonds is 7. The third-order valence-corrected chi connectivity index (χ3v) is 3.59. The van der Waals surface area contributed by atoms with Crippen molar-refractivity contribution in [3.05, 3.63) is 76.0 Å². The molecular weight excluding hydrogens is 364 g/mol. The Bertz CT molecular complexity index is 964. The van der Waals surface area contributed by atoms with E-state index in [0.29, 0.717) is 0 Å². The zero-order valence-electron chi connectivity index (χ0n) is 14.8. The Morgan fingerprint density at radius 1 is 1.25 bits per heavy atom. The molecular formula is C19H16N4O5. The number of carbonyl (C=O) groups excluding carboxylic acids is 2. The lowest BCUT2D eigenvalue weighted by Crippen LogP contribution is -2.32. The summed E-state index contributed by atoms with van der Waals surface area (Å²) in [6, 6.07) is 14.3. The van der Waals surface area contributed by atoms with Gasteiger partial charge in [0.25, 0.3) is 11.6 Å². The number of benzene rings is 2. The molecule has 0 unspecified atom stereocenters. The van der Waals surface area contributed by atoms with Crippen molar-refractivity contribution in [2.24, 2.45) is 0 Å². The third-order valence-electron chi connectivity index (χ3n) is 3.59. The minimum Gasteiger partial charge on any atom is -0.495 e. The van der Waals surface area contributed by atoms with Crippen molar-refractivity contribution in [1.29, 1.82) is 5.26 Å². The Kier molecular flexibility index (Phi) is 6.82. The van der Waals surface area contributed by atoms with Gasteiger partial charge in [0.05, 0.1) is 24.1 Å². The molecule has 0 aromatic heterocycles. The summed E-state index contributed by atoms with van der Waals surface area (Å²) in [5.74, 6) is -1.18. The summed E-state index contributed by atoms with van der Waals surface area (Å²) in [7, 11) is 1.37. The number of amides is 2. The number of hydrogen-bond donors (Lipinski definition) is 2. The van der Waals surface area contributed by atoms with Crippen molar-refractivity contribution in [1.82, 2.24) is 5.32 Å². The second-order valence-electron chi connectivity index (χ2n) is 5.50. The van der Waals surface area contributed by atoms with Crippen LogP contribution < -0.4 is 15.4 Å². The van der Waals surface area contributed by atoms with Crippen LogP contribution >= 0.6 is 0 Å². The van der Waals surface area contributed by atoms with Gasteiger partial charge in [0.15, 0.2) is 0 Å². The molecule has 0 aliphatic rings. The second kappa shape index (κ2) is 9.49. The normalized spacial score (nSPS) is 10.5. The number of nitriles is 1. The van der Waals surface area contributed by atoms with Crippen molar-refractivity contribution < 1.29 is 19.2 Å². The topological polar surface area (TPSA) is 134 Å². The van der Waals surface area contributed by atoms with Crippen LogP contribution in [0.1, 0.15) is 5.56 Å². The maximum atomic E-state index is 12.1. The van der Waals surface area contributed by atoms with Crippen molar-refractivity contribution in [3.63, 3.8) is 0 Å². The van der Waals surface area contributed by atoms with Gasteiger partial charge in [-0.1, -0.05) is 30.3 Å². The molecule has 28 heavy (non-hydrogen) atoms. The van der Waals surface area contributed by atoms with Crippen LogP contribution in [0, 0.1) is 21.4 Å². The summed E-state index contributed by atoms with van der Waals surface area (Å²) in [5.41, 5.74) is 0.329. The molecule has 0 bridgehead atoms. The molecule has 0 fully saturated rings. The second-order valence-corrected chi connectivity index (χ2v) is 5.50. The fourth-order valence-electron chi connectivity index (χ4n) is 2.24. The fourth-order valence-corrected chi connectivity index (χ4v) is 2.24. The molecule has 142 valence electrons. The number of non-ortho nitro benzene ring substituents is 1. The Hall–Kier alpha value is -4.19. The smallest absolute Gasteiger partial charge is 0.271 e. The highest BCUT2D eigenvalue weighted by atomic mass is 16.6. The minimum atomic E-state index is -0.889. The molecule has 0 radical (unpaired) electrons. The average Bonchev–Trinajstić information content (AvgIpc) is 2.68. The number of nitro groups is 1. The maximum Gasteiger partial charge on any atom is 0.271 e. The lowest BCUT2D eigenvalue weighted by atomic mass is 10.1. The zero-order chi connectivity index (χ0) is 20.5. The van der Waals surface area contributed by atoms with Crippen molar-refractivity contribution in [2.75, 3.05) is 12.4 Å². The van der Waals surface area contributed by atoms with E-state index >= 15 is 0 Å². The highest BCUT2D eigenvalue weighted by Crippen LogP contribution is 2.28. The molecule has 0 atom stereocenters. The zero-order valence-corrected chi connectivity index (χ0v) is 14.8. The number of methoxy groups -OCH3 is 1. The standard InChI is InChI=1S/C19H16N4O5/c1-28-17-8-7-15(23(26)27)10-16(17)21-12-14(11-20)19(25)22-18(24)9-13-5-3-2-4-6-13/h2-8,10,12,21H,9H2,1H3,(H,22,24,25)/b14-12+. The van der Waals surface area contributed by atoms with Crippen LogP contribution in [-0.4, -0.2) is 23.8 Å². The number of ether oxygens (including phenoxy) is 1. The Morgan fingerprint density at radius 2 is 1.96 bits per heavy atom. The number of carbonyl (C=O) groups is 2. The Balaban J connectivity index is 2.10. The van der Waals surface area contributed by atoms with E-state index in [1.165, 1.54) is 25.3 Å². The Labute approximate surface area is 160 Å². The summed E-state index contributed by atoms with van der Waals surface area (Å²) >= 11 is 0. The highest BCUT2D eigenvalue weighted by molar-refractivity contribution is 6.07. The lowest BCUT2D eigenvalue weighted by molar-refractivity contribution is -0.384. The molecule has 2 rings (SSSR count). The molecule has 2 aromatic rings. The van der Waals surface area contributed by atoms with E-state index in [-0.39, 0.29) is 29.1 Å². The summed E-state index contributed by atoms with van der Waals surface area (Å²) < 4.78 is 5.09. The van der Waals surface area contributed by atoms with Crippen LogP contribution in [0.25, 0.3) is 0 Å². The maximum absolute atomic E-state index is 12.1. The molecule has 0 saturated heterocycles. The van der Waals surface area contributed by atoms with Gasteiger partial charge in [-0.2, -0.15) is 5.26 Å². The van der Waals surface area contributed by atoms with Crippen molar-refractivity contribution >= 4 is 23.2 Å². The van der Waals surface area contributed by atoms with E-state index in [1.54, 1.807) is 36.4 Å². The number of anilines is 1. The first-order valence-corrected chi connectivity index (χ1v) is 8.02. The van der Waals surface area contributed by atoms with Gasteiger partial charge in [-0.15, -0.1) is 0 Å². The van der Waals surface area contributed by atoms with Gasteiger partial charge in [0, 0.05) is 18.3 Å². The van der Waals surface area contributed by atoms with E-state index in [0.717, 1.165) is 11.8 Å². The lowest BCUT2D eigenvalue weighted by Gasteiger charge is -2.08. The average molecular weight is 380 g/mol. The molecule has 2 aromatic carbocycles. The monoisotopic (exact) mass is 380 g/mol. The highest BCUT2D eigenvalue weighted by Gasteiger charge is 2.15. The first-order valence-electron chi connectivity index (χ1n) is 8.02.